The second kappa shape index (κ2) is 4.38. The van der Waals surface area contributed by atoms with Gasteiger partial charge in [0.25, 0.3) is 0 Å². The first-order valence-corrected chi connectivity index (χ1v) is 5.86. The molecule has 2 nitrogen and oxygen atoms in total. The third-order valence-corrected chi connectivity index (χ3v) is 3.78. The van der Waals surface area contributed by atoms with Gasteiger partial charge in [0.2, 0.25) is 5.91 Å². The van der Waals surface area contributed by atoms with E-state index in [1.807, 2.05) is 11.8 Å². The summed E-state index contributed by atoms with van der Waals surface area (Å²) in [4.78, 5) is 11.0. The van der Waals surface area contributed by atoms with Crippen molar-refractivity contribution < 1.29 is 4.79 Å². The Morgan fingerprint density at radius 3 is 2.75 bits per heavy atom. The number of carbonyl (C=O) groups excluding carboxylic acids is 1. The van der Waals surface area contributed by atoms with E-state index < -0.39 is 0 Å². The molecule has 1 saturated carbocycles. The SMILES string of the molecule is CSC1(CNC(=O)CCCl)CC1. The summed E-state index contributed by atoms with van der Waals surface area (Å²) in [6.07, 6.45) is 5.00. The van der Waals surface area contributed by atoms with Crippen LogP contribution >= 0.6 is 23.4 Å². The van der Waals surface area contributed by atoms with Gasteiger partial charge in [0.05, 0.1) is 0 Å². The van der Waals surface area contributed by atoms with Crippen molar-refractivity contribution in [2.45, 2.75) is 24.0 Å². The minimum atomic E-state index is 0.0744. The molecule has 0 aromatic carbocycles. The summed E-state index contributed by atoms with van der Waals surface area (Å²) in [5, 5.41) is 2.89. The van der Waals surface area contributed by atoms with Crippen LogP contribution in [0.15, 0.2) is 0 Å². The van der Waals surface area contributed by atoms with Gasteiger partial charge in [-0.15, -0.1) is 11.6 Å². The number of amides is 1. The summed E-state index contributed by atoms with van der Waals surface area (Å²) in [7, 11) is 0. The number of carbonyl (C=O) groups is 1. The molecule has 1 rings (SSSR count). The van der Waals surface area contributed by atoms with Crippen LogP contribution in [0.5, 0.6) is 0 Å². The quantitative estimate of drug-likeness (QED) is 0.695. The van der Waals surface area contributed by atoms with Gasteiger partial charge in [-0.25, -0.2) is 0 Å². The maximum atomic E-state index is 11.0. The Hall–Kier alpha value is 0.110. The van der Waals surface area contributed by atoms with E-state index in [2.05, 4.69) is 11.6 Å². The van der Waals surface area contributed by atoms with Crippen molar-refractivity contribution in [1.82, 2.24) is 5.32 Å². The van der Waals surface area contributed by atoms with Crippen molar-refractivity contribution in [3.63, 3.8) is 0 Å². The molecule has 1 aliphatic carbocycles. The lowest BCUT2D eigenvalue weighted by atomic mass is 10.4. The lowest BCUT2D eigenvalue weighted by Gasteiger charge is -2.12. The fourth-order valence-corrected chi connectivity index (χ4v) is 1.92. The summed E-state index contributed by atoms with van der Waals surface area (Å²) < 4.78 is 0.363. The van der Waals surface area contributed by atoms with Gasteiger partial charge < -0.3 is 5.32 Å². The second-order valence-electron chi connectivity index (χ2n) is 3.10. The predicted octanol–water partition coefficient (Wildman–Crippen LogP) is 1.63. The number of hydrogen-bond donors (Lipinski definition) is 1. The molecule has 0 saturated heterocycles. The van der Waals surface area contributed by atoms with Crippen LogP contribution < -0.4 is 5.32 Å². The van der Waals surface area contributed by atoms with Gasteiger partial charge in [-0.05, 0) is 19.1 Å². The molecule has 0 aromatic rings. The highest BCUT2D eigenvalue weighted by molar-refractivity contribution is 8.00. The van der Waals surface area contributed by atoms with E-state index in [-0.39, 0.29) is 5.91 Å². The average molecular weight is 208 g/mol. The van der Waals surface area contributed by atoms with E-state index in [9.17, 15) is 4.79 Å². The summed E-state index contributed by atoms with van der Waals surface area (Å²) in [5.74, 6) is 0.489. The predicted molar refractivity (Wildman–Crippen MR) is 53.8 cm³/mol. The van der Waals surface area contributed by atoms with E-state index in [0.717, 1.165) is 6.54 Å². The molecule has 0 bridgehead atoms. The Kier molecular flexibility index (Phi) is 3.72. The fraction of sp³-hybridized carbons (Fsp3) is 0.875. The maximum absolute atomic E-state index is 11.0. The van der Waals surface area contributed by atoms with Gasteiger partial charge in [-0.3, -0.25) is 4.79 Å². The Bertz CT molecular complexity index is 170. The second-order valence-corrected chi connectivity index (χ2v) is 4.76. The molecule has 0 aliphatic heterocycles. The van der Waals surface area contributed by atoms with Crippen molar-refractivity contribution in [2.75, 3.05) is 18.7 Å². The van der Waals surface area contributed by atoms with Crippen molar-refractivity contribution in [1.29, 1.82) is 0 Å². The molecule has 0 radical (unpaired) electrons. The minimum absolute atomic E-state index is 0.0744. The Morgan fingerprint density at radius 1 is 1.67 bits per heavy atom. The molecule has 1 aliphatic rings. The highest BCUT2D eigenvalue weighted by atomic mass is 35.5. The zero-order valence-corrected chi connectivity index (χ0v) is 8.80. The van der Waals surface area contributed by atoms with Crippen LogP contribution in [0.3, 0.4) is 0 Å². The first-order valence-electron chi connectivity index (χ1n) is 4.10. The molecule has 0 spiro atoms. The zero-order valence-electron chi connectivity index (χ0n) is 7.23. The number of nitrogens with one attached hydrogen (secondary N) is 1. The van der Waals surface area contributed by atoms with Gasteiger partial charge >= 0.3 is 0 Å². The van der Waals surface area contributed by atoms with Crippen LogP contribution in [-0.2, 0) is 4.79 Å². The third kappa shape index (κ3) is 2.87. The van der Waals surface area contributed by atoms with Gasteiger partial charge in [0, 0.05) is 23.6 Å². The Balaban J connectivity index is 2.12. The van der Waals surface area contributed by atoms with Crippen molar-refractivity contribution in [3.05, 3.63) is 0 Å². The van der Waals surface area contributed by atoms with E-state index >= 15 is 0 Å². The summed E-state index contributed by atoms with van der Waals surface area (Å²) >= 11 is 7.28. The van der Waals surface area contributed by atoms with Crippen LogP contribution in [0.2, 0.25) is 0 Å². The molecule has 0 atom stereocenters. The van der Waals surface area contributed by atoms with E-state index in [1.165, 1.54) is 12.8 Å². The van der Waals surface area contributed by atoms with Crippen LogP contribution in [0.4, 0.5) is 0 Å². The van der Waals surface area contributed by atoms with Crippen LogP contribution in [0.1, 0.15) is 19.3 Å². The van der Waals surface area contributed by atoms with E-state index in [4.69, 9.17) is 11.6 Å². The molecular formula is C8H14ClNOS. The van der Waals surface area contributed by atoms with Crippen molar-refractivity contribution in [2.24, 2.45) is 0 Å². The number of rotatable bonds is 5. The Labute approximate surface area is 82.4 Å². The molecular weight excluding hydrogens is 194 g/mol. The van der Waals surface area contributed by atoms with Gasteiger partial charge in [-0.1, -0.05) is 0 Å². The zero-order chi connectivity index (χ0) is 9.03. The molecule has 0 unspecified atom stereocenters. The molecule has 1 amide bonds. The molecule has 1 N–H and O–H groups in total. The monoisotopic (exact) mass is 207 g/mol. The van der Waals surface area contributed by atoms with Crippen LogP contribution in [0, 0.1) is 0 Å². The van der Waals surface area contributed by atoms with Crippen molar-refractivity contribution in [3.8, 4) is 0 Å². The minimum Gasteiger partial charge on any atom is -0.355 e. The molecule has 0 aromatic heterocycles. The standard InChI is InChI=1S/C8H14ClNOS/c1-12-8(3-4-8)6-10-7(11)2-5-9/h2-6H2,1H3,(H,10,11). The number of alkyl halides is 1. The topological polar surface area (TPSA) is 29.1 Å². The molecule has 12 heavy (non-hydrogen) atoms. The maximum Gasteiger partial charge on any atom is 0.221 e. The fourth-order valence-electron chi connectivity index (χ4n) is 1.03. The van der Waals surface area contributed by atoms with E-state index in [0.29, 0.717) is 17.0 Å². The number of hydrogen-bond acceptors (Lipinski definition) is 2. The summed E-state index contributed by atoms with van der Waals surface area (Å²) in [6.45, 7) is 0.809. The first-order chi connectivity index (χ1) is 5.72. The summed E-state index contributed by atoms with van der Waals surface area (Å²) in [5.41, 5.74) is 0. The normalized spacial score (nSPS) is 18.8. The van der Waals surface area contributed by atoms with Crippen LogP contribution in [0.25, 0.3) is 0 Å². The molecule has 4 heteroatoms. The summed E-state index contributed by atoms with van der Waals surface area (Å²) in [6, 6.07) is 0. The largest absolute Gasteiger partial charge is 0.355 e. The lowest BCUT2D eigenvalue weighted by molar-refractivity contribution is -0.120. The average Bonchev–Trinajstić information content (AvgIpc) is 2.82. The van der Waals surface area contributed by atoms with Crippen molar-refractivity contribution >= 4 is 29.3 Å². The molecule has 1 fully saturated rings. The van der Waals surface area contributed by atoms with E-state index in [1.54, 1.807) is 0 Å². The van der Waals surface area contributed by atoms with Gasteiger partial charge in [0.1, 0.15) is 0 Å². The molecule has 70 valence electrons. The van der Waals surface area contributed by atoms with Gasteiger partial charge in [-0.2, -0.15) is 11.8 Å². The third-order valence-electron chi connectivity index (χ3n) is 2.17. The highest BCUT2D eigenvalue weighted by Crippen LogP contribution is 2.46. The molecule has 0 heterocycles. The first kappa shape index (κ1) is 10.2. The Morgan fingerprint density at radius 2 is 2.33 bits per heavy atom. The highest BCUT2D eigenvalue weighted by Gasteiger charge is 2.41. The smallest absolute Gasteiger partial charge is 0.221 e. The lowest BCUT2D eigenvalue weighted by Crippen LogP contribution is -2.31. The van der Waals surface area contributed by atoms with Gasteiger partial charge in [0.15, 0.2) is 0 Å². The van der Waals surface area contributed by atoms with Crippen LogP contribution in [-0.4, -0.2) is 29.3 Å². The number of thioether (sulfide) groups is 1. The number of halogens is 1.